The Labute approximate surface area is 110 Å². The highest BCUT2D eigenvalue weighted by atomic mass is 32.1. The van der Waals surface area contributed by atoms with E-state index in [2.05, 4.69) is 10.3 Å². The van der Waals surface area contributed by atoms with Crippen molar-refractivity contribution in [2.45, 2.75) is 39.3 Å². The van der Waals surface area contributed by atoms with E-state index in [1.807, 2.05) is 6.92 Å². The summed E-state index contributed by atoms with van der Waals surface area (Å²) < 4.78 is 0. The molecule has 2 heterocycles. The minimum absolute atomic E-state index is 0.0544. The lowest BCUT2D eigenvalue weighted by molar-refractivity contribution is -0.137. The first-order chi connectivity index (χ1) is 8.38. The van der Waals surface area contributed by atoms with Crippen LogP contribution in [0.4, 0.5) is 0 Å². The van der Waals surface area contributed by atoms with E-state index >= 15 is 0 Å². The number of carbonyl (C=O) groups is 2. The third-order valence-electron chi connectivity index (χ3n) is 2.88. The quantitative estimate of drug-likeness (QED) is 0.872. The van der Waals surface area contributed by atoms with Crippen molar-refractivity contribution in [1.82, 2.24) is 15.2 Å². The number of hydrogen-bond acceptors (Lipinski definition) is 4. The molecule has 1 saturated heterocycles. The van der Waals surface area contributed by atoms with Crippen LogP contribution >= 0.6 is 11.3 Å². The maximum absolute atomic E-state index is 12.3. The van der Waals surface area contributed by atoms with Crippen LogP contribution in [0.5, 0.6) is 0 Å². The molecule has 0 spiro atoms. The molecule has 1 aliphatic heterocycles. The Balaban J connectivity index is 2.16. The number of carbonyl (C=O) groups excluding carboxylic acids is 2. The van der Waals surface area contributed by atoms with Gasteiger partial charge in [-0.15, -0.1) is 11.3 Å². The molecular weight excluding hydrogens is 250 g/mol. The Morgan fingerprint density at radius 3 is 2.83 bits per heavy atom. The van der Waals surface area contributed by atoms with Crippen LogP contribution in [0.1, 0.15) is 30.2 Å². The predicted octanol–water partition coefficient (Wildman–Crippen LogP) is 1.08. The summed E-state index contributed by atoms with van der Waals surface area (Å²) in [5, 5.41) is 3.65. The van der Waals surface area contributed by atoms with Gasteiger partial charge in [-0.25, -0.2) is 4.98 Å². The topological polar surface area (TPSA) is 62.3 Å². The zero-order chi connectivity index (χ0) is 13.3. The Hall–Kier alpha value is -1.43. The number of thiazole rings is 1. The van der Waals surface area contributed by atoms with Crippen LogP contribution in [0.2, 0.25) is 0 Å². The fourth-order valence-electron chi connectivity index (χ4n) is 1.99. The molecular formula is C12H17N3O2S. The normalized spacial score (nSPS) is 19.6. The first-order valence-electron chi connectivity index (χ1n) is 5.90. The summed E-state index contributed by atoms with van der Waals surface area (Å²) in [4.78, 5) is 30.9. The summed E-state index contributed by atoms with van der Waals surface area (Å²) >= 11 is 1.58. The molecule has 0 unspecified atom stereocenters. The van der Waals surface area contributed by atoms with Gasteiger partial charge in [-0.05, 0) is 20.8 Å². The van der Waals surface area contributed by atoms with Crippen LogP contribution in [0.25, 0.3) is 0 Å². The van der Waals surface area contributed by atoms with Gasteiger partial charge in [-0.2, -0.15) is 0 Å². The van der Waals surface area contributed by atoms with E-state index in [9.17, 15) is 9.59 Å². The van der Waals surface area contributed by atoms with Crippen molar-refractivity contribution in [2.24, 2.45) is 0 Å². The molecule has 0 aliphatic carbocycles. The fourth-order valence-corrected chi connectivity index (χ4v) is 2.79. The van der Waals surface area contributed by atoms with Gasteiger partial charge in [-0.1, -0.05) is 0 Å². The molecule has 98 valence electrons. The molecule has 1 fully saturated rings. The lowest BCUT2D eigenvalue weighted by Gasteiger charge is -2.28. The monoisotopic (exact) mass is 267 g/mol. The highest BCUT2D eigenvalue weighted by Gasteiger charge is 2.36. The maximum Gasteiger partial charge on any atom is 0.248 e. The second-order valence-corrected chi connectivity index (χ2v) is 6.33. The Morgan fingerprint density at radius 1 is 1.50 bits per heavy atom. The first kappa shape index (κ1) is 13.0. The van der Waals surface area contributed by atoms with Gasteiger partial charge in [0.25, 0.3) is 0 Å². The minimum atomic E-state index is -0.833. The van der Waals surface area contributed by atoms with Gasteiger partial charge in [0.15, 0.2) is 0 Å². The van der Waals surface area contributed by atoms with Crippen molar-refractivity contribution in [2.75, 3.05) is 6.54 Å². The maximum atomic E-state index is 12.3. The lowest BCUT2D eigenvalue weighted by atomic mass is 10.0. The molecule has 1 aromatic heterocycles. The standard InChI is InChI=1S/C12H17N3O2S/c1-8-6-13-10(18-8)7-15-5-4-9(16)14-12(2,3)11(15)17/h6H,4-5,7H2,1-3H3,(H,14,16). The zero-order valence-electron chi connectivity index (χ0n) is 10.8. The molecule has 0 saturated carbocycles. The molecule has 0 aromatic carbocycles. The van der Waals surface area contributed by atoms with Crippen LogP contribution < -0.4 is 5.32 Å². The van der Waals surface area contributed by atoms with Crippen LogP contribution in [0, 0.1) is 6.92 Å². The summed E-state index contributed by atoms with van der Waals surface area (Å²) in [6.45, 7) is 6.39. The number of rotatable bonds is 2. The Kier molecular flexibility index (Phi) is 3.38. The number of nitrogens with one attached hydrogen (secondary N) is 1. The van der Waals surface area contributed by atoms with Crippen molar-refractivity contribution < 1.29 is 9.59 Å². The average molecular weight is 267 g/mol. The van der Waals surface area contributed by atoms with E-state index in [1.165, 1.54) is 0 Å². The number of amides is 2. The number of aromatic nitrogens is 1. The summed E-state index contributed by atoms with van der Waals surface area (Å²) in [5.74, 6) is -0.132. The highest BCUT2D eigenvalue weighted by Crippen LogP contribution is 2.18. The summed E-state index contributed by atoms with van der Waals surface area (Å²) in [7, 11) is 0. The molecule has 1 aromatic rings. The summed E-state index contributed by atoms with van der Waals surface area (Å²) in [6.07, 6.45) is 2.15. The predicted molar refractivity (Wildman–Crippen MR) is 69.1 cm³/mol. The third-order valence-corrected chi connectivity index (χ3v) is 3.78. The second kappa shape index (κ2) is 4.68. The van der Waals surface area contributed by atoms with Crippen molar-refractivity contribution >= 4 is 23.2 Å². The Bertz CT molecular complexity index is 481. The molecule has 0 bridgehead atoms. The van der Waals surface area contributed by atoms with Gasteiger partial charge >= 0.3 is 0 Å². The molecule has 1 aliphatic rings. The van der Waals surface area contributed by atoms with Gasteiger partial charge in [0.2, 0.25) is 11.8 Å². The van der Waals surface area contributed by atoms with E-state index in [1.54, 1.807) is 36.3 Å². The van der Waals surface area contributed by atoms with E-state index in [0.29, 0.717) is 19.5 Å². The molecule has 6 heteroatoms. The van der Waals surface area contributed by atoms with E-state index in [-0.39, 0.29) is 11.8 Å². The lowest BCUT2D eigenvalue weighted by Crippen LogP contribution is -2.52. The zero-order valence-corrected chi connectivity index (χ0v) is 11.6. The second-order valence-electron chi connectivity index (χ2n) is 5.01. The highest BCUT2D eigenvalue weighted by molar-refractivity contribution is 7.11. The van der Waals surface area contributed by atoms with Gasteiger partial charge in [0.1, 0.15) is 10.5 Å². The minimum Gasteiger partial charge on any atom is -0.342 e. The SMILES string of the molecule is Cc1cnc(CN2CCC(=O)NC(C)(C)C2=O)s1. The van der Waals surface area contributed by atoms with Crippen LogP contribution in [-0.2, 0) is 16.1 Å². The molecule has 1 N–H and O–H groups in total. The number of nitrogens with zero attached hydrogens (tertiary/aromatic N) is 2. The molecule has 2 rings (SSSR count). The van der Waals surface area contributed by atoms with Crippen LogP contribution in [0.15, 0.2) is 6.20 Å². The molecule has 2 amide bonds. The van der Waals surface area contributed by atoms with E-state index in [4.69, 9.17) is 0 Å². The summed E-state index contributed by atoms with van der Waals surface area (Å²) in [6, 6.07) is 0. The number of aryl methyl sites for hydroxylation is 1. The Morgan fingerprint density at radius 2 is 2.22 bits per heavy atom. The van der Waals surface area contributed by atoms with Crippen LogP contribution in [0.3, 0.4) is 0 Å². The van der Waals surface area contributed by atoms with Gasteiger partial charge in [0.05, 0.1) is 6.54 Å². The average Bonchev–Trinajstić information content (AvgIpc) is 2.64. The molecule has 0 radical (unpaired) electrons. The van der Waals surface area contributed by atoms with Gasteiger partial charge in [-0.3, -0.25) is 9.59 Å². The third kappa shape index (κ3) is 2.69. The smallest absolute Gasteiger partial charge is 0.248 e. The van der Waals surface area contributed by atoms with Crippen LogP contribution in [-0.4, -0.2) is 33.8 Å². The molecule has 18 heavy (non-hydrogen) atoms. The van der Waals surface area contributed by atoms with Crippen molar-refractivity contribution in [1.29, 1.82) is 0 Å². The van der Waals surface area contributed by atoms with Crippen molar-refractivity contribution in [3.63, 3.8) is 0 Å². The first-order valence-corrected chi connectivity index (χ1v) is 6.72. The van der Waals surface area contributed by atoms with Gasteiger partial charge in [0, 0.05) is 24.0 Å². The fraction of sp³-hybridized carbons (Fsp3) is 0.583. The van der Waals surface area contributed by atoms with Crippen molar-refractivity contribution in [3.05, 3.63) is 16.1 Å². The molecule has 0 atom stereocenters. The van der Waals surface area contributed by atoms with Crippen molar-refractivity contribution in [3.8, 4) is 0 Å². The van der Waals surface area contributed by atoms with E-state index < -0.39 is 5.54 Å². The summed E-state index contributed by atoms with van der Waals surface area (Å²) in [5.41, 5.74) is -0.833. The van der Waals surface area contributed by atoms with Gasteiger partial charge < -0.3 is 10.2 Å². The largest absolute Gasteiger partial charge is 0.342 e. The molecule has 5 nitrogen and oxygen atoms in total. The van der Waals surface area contributed by atoms with E-state index in [0.717, 1.165) is 9.88 Å². The number of hydrogen-bond donors (Lipinski definition) is 1.